The largest absolute Gasteiger partial charge is 0.493 e. The summed E-state index contributed by atoms with van der Waals surface area (Å²) in [6.07, 6.45) is 3.05. The Balaban J connectivity index is 1.39. The van der Waals surface area contributed by atoms with Crippen LogP contribution in [0.4, 0.5) is 4.39 Å². The summed E-state index contributed by atoms with van der Waals surface area (Å²) in [6.45, 7) is -0.486. The van der Waals surface area contributed by atoms with Crippen LogP contribution < -0.4 is 9.47 Å². The molecule has 1 aromatic heterocycles. The smallest absolute Gasteiger partial charge is 0.317 e. The first-order chi connectivity index (χ1) is 18.5. The molecule has 0 N–H and O–H groups in total. The van der Waals surface area contributed by atoms with E-state index in [9.17, 15) is 14.0 Å². The number of carbonyl (C=O) groups is 2. The highest BCUT2D eigenvalue weighted by atomic mass is 32.1. The summed E-state index contributed by atoms with van der Waals surface area (Å²) in [7, 11) is 3.12. The molecule has 9 heteroatoms. The van der Waals surface area contributed by atoms with Gasteiger partial charge in [-0.1, -0.05) is 43.2 Å². The third kappa shape index (κ3) is 4.78. The number of carbonyl (C=O) groups excluding carboxylic acids is 2. The maximum Gasteiger partial charge on any atom is 0.317 e. The van der Waals surface area contributed by atoms with Gasteiger partial charge in [0.2, 0.25) is 0 Å². The average Bonchev–Trinajstić information content (AvgIpc) is 3.72. The molecule has 2 aliphatic rings. The first-order valence-electron chi connectivity index (χ1n) is 12.5. The van der Waals surface area contributed by atoms with Crippen molar-refractivity contribution in [2.45, 2.75) is 43.6 Å². The molecule has 2 aromatic carbocycles. The number of esters is 1. The first kappa shape index (κ1) is 25.9. The monoisotopic (exact) mass is 536 g/mol. The number of hydrazone groups is 1. The van der Waals surface area contributed by atoms with Crippen molar-refractivity contribution in [1.82, 2.24) is 5.01 Å². The Hall–Kier alpha value is -3.72. The fraction of sp³-hybridized carbons (Fsp3) is 0.345. The van der Waals surface area contributed by atoms with Crippen LogP contribution in [0, 0.1) is 5.82 Å². The van der Waals surface area contributed by atoms with Crippen molar-refractivity contribution in [3.8, 4) is 11.5 Å². The van der Waals surface area contributed by atoms with Gasteiger partial charge in [0.15, 0.2) is 18.1 Å². The summed E-state index contributed by atoms with van der Waals surface area (Å²) in [5.74, 6) is -0.336. The van der Waals surface area contributed by atoms with Crippen molar-refractivity contribution in [3.05, 3.63) is 81.8 Å². The fourth-order valence-corrected chi connectivity index (χ4v) is 6.12. The maximum atomic E-state index is 14.7. The Morgan fingerprint density at radius 3 is 2.50 bits per heavy atom. The fourth-order valence-electron chi connectivity index (χ4n) is 5.39. The van der Waals surface area contributed by atoms with Crippen LogP contribution >= 0.6 is 11.3 Å². The number of methoxy groups -OCH3 is 2. The van der Waals surface area contributed by atoms with Gasteiger partial charge in [0.1, 0.15) is 5.82 Å². The molecule has 0 radical (unpaired) electrons. The van der Waals surface area contributed by atoms with Crippen LogP contribution in [0.15, 0.2) is 65.1 Å². The molecule has 0 spiro atoms. The third-order valence-corrected chi connectivity index (χ3v) is 8.25. The number of benzene rings is 2. The Morgan fingerprint density at radius 2 is 1.82 bits per heavy atom. The van der Waals surface area contributed by atoms with Crippen molar-refractivity contribution < 1.29 is 28.2 Å². The number of thiophene rings is 1. The molecule has 38 heavy (non-hydrogen) atoms. The predicted octanol–water partition coefficient (Wildman–Crippen LogP) is 5.64. The van der Waals surface area contributed by atoms with Crippen molar-refractivity contribution in [1.29, 1.82) is 0 Å². The van der Waals surface area contributed by atoms with E-state index in [0.717, 1.165) is 29.0 Å². The van der Waals surface area contributed by atoms with Gasteiger partial charge in [-0.2, -0.15) is 5.10 Å². The van der Waals surface area contributed by atoms with E-state index in [1.165, 1.54) is 11.1 Å². The summed E-state index contributed by atoms with van der Waals surface area (Å²) in [5.41, 5.74) is 0.844. The Labute approximate surface area is 224 Å². The van der Waals surface area contributed by atoms with Crippen molar-refractivity contribution in [2.75, 3.05) is 20.8 Å². The number of hydrogen-bond donors (Lipinski definition) is 0. The minimum absolute atomic E-state index is 0.331. The van der Waals surface area contributed by atoms with Gasteiger partial charge >= 0.3 is 5.97 Å². The van der Waals surface area contributed by atoms with Crippen LogP contribution in [0.3, 0.4) is 0 Å². The van der Waals surface area contributed by atoms with Crippen LogP contribution in [0.1, 0.15) is 54.1 Å². The Bertz CT molecular complexity index is 1350. The Morgan fingerprint density at radius 1 is 1.05 bits per heavy atom. The summed E-state index contributed by atoms with van der Waals surface area (Å²) in [5, 5.41) is 7.98. The molecule has 1 saturated carbocycles. The van der Waals surface area contributed by atoms with Gasteiger partial charge in [-0.15, -0.1) is 11.3 Å². The molecule has 1 aliphatic heterocycles. The van der Waals surface area contributed by atoms with Crippen molar-refractivity contribution in [2.24, 2.45) is 5.10 Å². The van der Waals surface area contributed by atoms with Gasteiger partial charge in [0.05, 0.1) is 36.3 Å². The zero-order valence-corrected chi connectivity index (χ0v) is 22.1. The topological polar surface area (TPSA) is 77.4 Å². The molecule has 1 fully saturated rings. The second-order valence-electron chi connectivity index (χ2n) is 9.44. The highest BCUT2D eigenvalue weighted by molar-refractivity contribution is 7.12. The average molecular weight is 537 g/mol. The van der Waals surface area contributed by atoms with Gasteiger partial charge in [-0.25, -0.2) is 9.40 Å². The highest BCUT2D eigenvalue weighted by Crippen LogP contribution is 2.43. The van der Waals surface area contributed by atoms with Gasteiger partial charge in [0, 0.05) is 12.0 Å². The second kappa shape index (κ2) is 10.9. The minimum Gasteiger partial charge on any atom is -0.493 e. The molecular formula is C29H29FN2O5S. The van der Waals surface area contributed by atoms with Crippen molar-refractivity contribution >= 4 is 28.9 Å². The summed E-state index contributed by atoms with van der Waals surface area (Å²) < 4.78 is 31.1. The molecule has 0 saturated heterocycles. The third-order valence-electron chi connectivity index (χ3n) is 7.33. The van der Waals surface area contributed by atoms with Crippen LogP contribution in [0.5, 0.6) is 11.5 Å². The summed E-state index contributed by atoms with van der Waals surface area (Å²) >= 11 is 1.54. The SMILES string of the molecule is COc1ccc([C@H]2CC(c3cccs3)=NN2C(=O)COC(=O)C2(c3ccccc3F)CCCC2)cc1OC. The highest BCUT2D eigenvalue weighted by Gasteiger charge is 2.46. The minimum atomic E-state index is -1.08. The van der Waals surface area contributed by atoms with E-state index >= 15 is 0 Å². The second-order valence-corrected chi connectivity index (χ2v) is 10.4. The zero-order chi connectivity index (χ0) is 26.7. The number of amides is 1. The van der Waals surface area contributed by atoms with E-state index in [2.05, 4.69) is 5.10 Å². The molecule has 1 aliphatic carbocycles. The number of nitrogens with zero attached hydrogens (tertiary/aromatic N) is 2. The standard InChI is InChI=1S/C29H29FN2O5S/c1-35-24-12-11-19(16-25(24)36-2)23-17-22(26-10-7-15-38-26)31-32(23)27(33)18-37-28(34)29(13-5-6-14-29)20-8-3-4-9-21(20)30/h3-4,7-12,15-16,23H,5-6,13-14,17-18H2,1-2H3/t23-/m1/s1. The summed E-state index contributed by atoms with van der Waals surface area (Å²) in [6, 6.07) is 15.3. The van der Waals surface area contributed by atoms with Crippen molar-refractivity contribution in [3.63, 3.8) is 0 Å². The van der Waals surface area contributed by atoms with Crippen LogP contribution in [-0.4, -0.2) is 43.4 Å². The molecule has 5 rings (SSSR count). The molecule has 2 heterocycles. The lowest BCUT2D eigenvalue weighted by molar-refractivity contribution is -0.157. The van der Waals surface area contributed by atoms with Crippen LogP contribution in [-0.2, 0) is 19.7 Å². The molecule has 198 valence electrons. The van der Waals surface area contributed by atoms with E-state index in [4.69, 9.17) is 14.2 Å². The van der Waals surface area contributed by atoms with Gasteiger partial charge < -0.3 is 14.2 Å². The van der Waals surface area contributed by atoms with Crippen LogP contribution in [0.2, 0.25) is 0 Å². The molecule has 7 nitrogen and oxygen atoms in total. The maximum absolute atomic E-state index is 14.7. The first-order valence-corrected chi connectivity index (χ1v) is 13.4. The number of rotatable bonds is 8. The predicted molar refractivity (Wildman–Crippen MR) is 142 cm³/mol. The molecule has 3 aromatic rings. The van der Waals surface area contributed by atoms with Gasteiger partial charge in [-0.3, -0.25) is 9.59 Å². The lowest BCUT2D eigenvalue weighted by atomic mass is 9.78. The number of hydrogen-bond acceptors (Lipinski definition) is 7. The van der Waals surface area contributed by atoms with E-state index in [0.29, 0.717) is 36.3 Å². The van der Waals surface area contributed by atoms with Crippen LogP contribution in [0.25, 0.3) is 0 Å². The summed E-state index contributed by atoms with van der Waals surface area (Å²) in [4.78, 5) is 27.8. The quantitative estimate of drug-likeness (QED) is 0.349. The normalized spacial score (nSPS) is 18.2. The molecule has 1 atom stereocenters. The van der Waals surface area contributed by atoms with E-state index in [-0.39, 0.29) is 0 Å². The van der Waals surface area contributed by atoms with Gasteiger partial charge in [-0.05, 0) is 48.1 Å². The van der Waals surface area contributed by atoms with E-state index in [1.54, 1.807) is 49.8 Å². The lowest BCUT2D eigenvalue weighted by Gasteiger charge is -2.28. The molecule has 1 amide bonds. The lowest BCUT2D eigenvalue weighted by Crippen LogP contribution is -2.38. The Kier molecular flexibility index (Phi) is 7.46. The molecule has 0 unspecified atom stereocenters. The van der Waals surface area contributed by atoms with E-state index in [1.807, 2.05) is 29.6 Å². The number of ether oxygens (including phenoxy) is 3. The zero-order valence-electron chi connectivity index (χ0n) is 21.3. The number of halogens is 1. The van der Waals surface area contributed by atoms with Gasteiger partial charge in [0.25, 0.3) is 5.91 Å². The molecular weight excluding hydrogens is 507 g/mol. The molecule has 0 bridgehead atoms. The van der Waals surface area contributed by atoms with E-state index < -0.39 is 35.8 Å².